The lowest BCUT2D eigenvalue weighted by Crippen LogP contribution is -2.27. The minimum Gasteiger partial charge on any atom is -0.507 e. The molecule has 0 bridgehead atoms. The molecule has 206 valence electrons. The van der Waals surface area contributed by atoms with Gasteiger partial charge in [0.25, 0.3) is 0 Å². The zero-order valence-corrected chi connectivity index (χ0v) is 23.5. The number of benzene rings is 2. The largest absolute Gasteiger partial charge is 0.507 e. The molecule has 1 N–H and O–H groups in total. The number of nitrogens with zero attached hydrogens (tertiary/aromatic N) is 3. The molecule has 1 aliphatic heterocycles. The van der Waals surface area contributed by atoms with E-state index in [2.05, 4.69) is 10.00 Å². The first-order valence-corrected chi connectivity index (χ1v) is 13.0. The van der Waals surface area contributed by atoms with E-state index in [4.69, 9.17) is 18.6 Å². The van der Waals surface area contributed by atoms with Crippen molar-refractivity contribution < 1.29 is 23.7 Å². The van der Waals surface area contributed by atoms with E-state index < -0.39 is 5.76 Å². The second kappa shape index (κ2) is 10.7. The van der Waals surface area contributed by atoms with E-state index in [1.165, 1.54) is 4.68 Å². The number of rotatable bonds is 9. The quantitative estimate of drug-likeness (QED) is 0.420. The van der Waals surface area contributed by atoms with E-state index in [9.17, 15) is 9.90 Å². The third kappa shape index (κ3) is 6.32. The first-order chi connectivity index (χ1) is 17.8. The van der Waals surface area contributed by atoms with Gasteiger partial charge in [0.1, 0.15) is 18.1 Å². The second-order valence-corrected chi connectivity index (χ2v) is 11.8. The van der Waals surface area contributed by atoms with Gasteiger partial charge in [-0.05, 0) is 55.1 Å². The van der Waals surface area contributed by atoms with Crippen LogP contribution in [0, 0.1) is 0 Å². The molecule has 0 unspecified atom stereocenters. The number of hydrogen-bond acceptors (Lipinski definition) is 8. The Balaban J connectivity index is 1.35. The van der Waals surface area contributed by atoms with Crippen molar-refractivity contribution >= 4 is 0 Å². The molecule has 9 nitrogen and oxygen atoms in total. The van der Waals surface area contributed by atoms with Gasteiger partial charge in [0.2, 0.25) is 12.7 Å². The van der Waals surface area contributed by atoms with E-state index in [0.717, 1.165) is 42.1 Å². The van der Waals surface area contributed by atoms with Gasteiger partial charge < -0.3 is 28.6 Å². The van der Waals surface area contributed by atoms with Crippen molar-refractivity contribution in [3.05, 3.63) is 52.0 Å². The highest BCUT2D eigenvalue weighted by Crippen LogP contribution is 2.41. The summed E-state index contributed by atoms with van der Waals surface area (Å²) in [4.78, 5) is 14.7. The normalized spacial score (nSPS) is 13.4. The van der Waals surface area contributed by atoms with Crippen LogP contribution in [0.5, 0.6) is 23.0 Å². The number of likely N-dealkylation sites (N-methyl/N-ethyl adjacent to an activating group) is 1. The number of phenols is 1. The van der Waals surface area contributed by atoms with Crippen LogP contribution in [-0.2, 0) is 17.4 Å². The Hall–Kier alpha value is -3.46. The first kappa shape index (κ1) is 27.6. The second-order valence-electron chi connectivity index (χ2n) is 11.8. The van der Waals surface area contributed by atoms with E-state index >= 15 is 0 Å². The SMILES string of the molecule is CN(CCCn1nc(-c2cc(C(C)(C)C)c(O)c(C(C)(C)C)c2)oc1=O)CCOc1ccc2c(c1)OCO2. The lowest BCUT2D eigenvalue weighted by molar-refractivity contribution is 0.173. The van der Waals surface area contributed by atoms with Crippen molar-refractivity contribution in [3.63, 3.8) is 0 Å². The van der Waals surface area contributed by atoms with Crippen LogP contribution >= 0.6 is 0 Å². The molecule has 0 amide bonds. The first-order valence-electron chi connectivity index (χ1n) is 13.0. The molecule has 1 aromatic heterocycles. The standard InChI is InChI=1S/C29H39N3O6/c1-28(2,3)21-15-19(16-22(25(21)33)29(4,5)6)26-30-32(27(34)38-26)12-8-11-31(7)13-14-35-20-9-10-23-24(17-20)37-18-36-23/h9-10,15-17,33H,8,11-14,18H2,1-7H3. The number of hydrogen-bond donors (Lipinski definition) is 1. The molecule has 4 rings (SSSR count). The third-order valence-corrected chi connectivity index (χ3v) is 6.57. The summed E-state index contributed by atoms with van der Waals surface area (Å²) >= 11 is 0. The fraction of sp³-hybridized carbons (Fsp3) is 0.517. The summed E-state index contributed by atoms with van der Waals surface area (Å²) in [5, 5.41) is 15.5. The van der Waals surface area contributed by atoms with Crippen LogP contribution in [0.25, 0.3) is 11.5 Å². The summed E-state index contributed by atoms with van der Waals surface area (Å²) in [6.45, 7) is 15.0. The smallest absolute Gasteiger partial charge is 0.437 e. The molecule has 2 heterocycles. The molecule has 0 aliphatic carbocycles. The van der Waals surface area contributed by atoms with Crippen LogP contribution in [-0.4, -0.2) is 53.3 Å². The fourth-order valence-electron chi connectivity index (χ4n) is 4.35. The number of fused-ring (bicyclic) bond motifs is 1. The molecule has 38 heavy (non-hydrogen) atoms. The number of aromatic hydroxyl groups is 1. The minimum atomic E-state index is -0.489. The van der Waals surface area contributed by atoms with Gasteiger partial charge in [-0.1, -0.05) is 41.5 Å². The van der Waals surface area contributed by atoms with Crippen LogP contribution in [0.4, 0.5) is 0 Å². The molecular formula is C29H39N3O6. The molecular weight excluding hydrogens is 486 g/mol. The van der Waals surface area contributed by atoms with Gasteiger partial charge in [0.15, 0.2) is 11.5 Å². The molecule has 0 spiro atoms. The van der Waals surface area contributed by atoms with Crippen LogP contribution in [0.15, 0.2) is 39.5 Å². The van der Waals surface area contributed by atoms with Crippen LogP contribution < -0.4 is 20.0 Å². The van der Waals surface area contributed by atoms with E-state index in [1.807, 2.05) is 78.9 Å². The third-order valence-electron chi connectivity index (χ3n) is 6.57. The maximum atomic E-state index is 12.6. The van der Waals surface area contributed by atoms with Crippen molar-refractivity contribution in [3.8, 4) is 34.5 Å². The summed E-state index contributed by atoms with van der Waals surface area (Å²) < 4.78 is 23.4. The predicted octanol–water partition coefficient (Wildman–Crippen LogP) is 4.93. The number of aryl methyl sites for hydroxylation is 1. The van der Waals surface area contributed by atoms with Crippen LogP contribution in [0.2, 0.25) is 0 Å². The molecule has 0 saturated heterocycles. The topological polar surface area (TPSA) is 99.2 Å². The Labute approximate surface area is 223 Å². The summed E-state index contributed by atoms with van der Waals surface area (Å²) in [5.41, 5.74) is 1.69. The highest BCUT2D eigenvalue weighted by molar-refractivity contribution is 5.62. The molecule has 9 heteroatoms. The van der Waals surface area contributed by atoms with Crippen molar-refractivity contribution in [2.24, 2.45) is 0 Å². The van der Waals surface area contributed by atoms with Crippen molar-refractivity contribution in [1.29, 1.82) is 0 Å². The monoisotopic (exact) mass is 525 g/mol. The fourth-order valence-corrected chi connectivity index (χ4v) is 4.35. The molecule has 1 aliphatic rings. The van der Waals surface area contributed by atoms with Crippen molar-refractivity contribution in [1.82, 2.24) is 14.7 Å². The van der Waals surface area contributed by atoms with Gasteiger partial charge >= 0.3 is 5.76 Å². The Morgan fingerprint density at radius 2 is 1.66 bits per heavy atom. The molecule has 0 atom stereocenters. The van der Waals surface area contributed by atoms with Gasteiger partial charge in [0, 0.05) is 35.8 Å². The van der Waals surface area contributed by atoms with E-state index in [0.29, 0.717) is 24.5 Å². The Bertz CT molecular complexity index is 1290. The van der Waals surface area contributed by atoms with E-state index in [-0.39, 0.29) is 29.3 Å². The molecule has 0 fully saturated rings. The lowest BCUT2D eigenvalue weighted by atomic mass is 9.78. The van der Waals surface area contributed by atoms with Gasteiger partial charge in [-0.2, -0.15) is 4.68 Å². The molecule has 0 saturated carbocycles. The van der Waals surface area contributed by atoms with Gasteiger partial charge in [-0.3, -0.25) is 0 Å². The number of aromatic nitrogens is 2. The minimum absolute atomic E-state index is 0.239. The summed E-state index contributed by atoms with van der Waals surface area (Å²) in [6.07, 6.45) is 0.725. The molecule has 0 radical (unpaired) electrons. The average molecular weight is 526 g/mol. The zero-order valence-electron chi connectivity index (χ0n) is 23.5. The van der Waals surface area contributed by atoms with Gasteiger partial charge in [-0.25, -0.2) is 4.79 Å². The zero-order chi connectivity index (χ0) is 27.7. The maximum absolute atomic E-state index is 12.6. The summed E-state index contributed by atoms with van der Waals surface area (Å²) in [7, 11) is 2.01. The highest BCUT2D eigenvalue weighted by atomic mass is 16.7. The van der Waals surface area contributed by atoms with Crippen LogP contribution in [0.1, 0.15) is 59.1 Å². The number of ether oxygens (including phenoxy) is 3. The Morgan fingerprint density at radius 1 is 1.00 bits per heavy atom. The number of phenolic OH excluding ortho intramolecular Hbond substituents is 1. The van der Waals surface area contributed by atoms with Gasteiger partial charge in [0.05, 0.1) is 0 Å². The predicted molar refractivity (Wildman–Crippen MR) is 145 cm³/mol. The van der Waals surface area contributed by atoms with Gasteiger partial charge in [-0.15, -0.1) is 5.10 Å². The molecule has 2 aromatic carbocycles. The Kier molecular flexibility index (Phi) is 7.78. The van der Waals surface area contributed by atoms with Crippen molar-refractivity contribution in [2.75, 3.05) is 33.5 Å². The molecule has 3 aromatic rings. The van der Waals surface area contributed by atoms with Crippen molar-refractivity contribution in [2.45, 2.75) is 65.3 Å². The summed E-state index contributed by atoms with van der Waals surface area (Å²) in [5.74, 6) is 2.22. The maximum Gasteiger partial charge on any atom is 0.437 e. The highest BCUT2D eigenvalue weighted by Gasteiger charge is 2.28. The average Bonchev–Trinajstić information content (AvgIpc) is 3.44. The van der Waals surface area contributed by atoms with E-state index in [1.54, 1.807) is 0 Å². The Morgan fingerprint density at radius 3 is 2.32 bits per heavy atom. The lowest BCUT2D eigenvalue weighted by Gasteiger charge is -2.27. The summed E-state index contributed by atoms with van der Waals surface area (Å²) in [6, 6.07) is 9.28. The van der Waals surface area contributed by atoms with Crippen LogP contribution in [0.3, 0.4) is 0 Å².